The van der Waals surface area contributed by atoms with Gasteiger partial charge in [-0.25, -0.2) is 0 Å². The van der Waals surface area contributed by atoms with Crippen LogP contribution in [0.3, 0.4) is 0 Å². The van der Waals surface area contributed by atoms with Crippen LogP contribution in [0.2, 0.25) is 5.15 Å². The molecule has 0 saturated heterocycles. The van der Waals surface area contributed by atoms with Crippen molar-refractivity contribution >= 4 is 17.5 Å². The van der Waals surface area contributed by atoms with Crippen LogP contribution in [0, 0.1) is 0 Å². The molecule has 102 valence electrons. The van der Waals surface area contributed by atoms with Gasteiger partial charge in [0, 0.05) is 6.54 Å². The molecule has 1 aliphatic rings. The zero-order valence-corrected chi connectivity index (χ0v) is 11.1. The first-order valence-corrected chi connectivity index (χ1v) is 6.26. The lowest BCUT2D eigenvalue weighted by atomic mass is 10.2. The Balaban J connectivity index is 1.64. The molecule has 7 heteroatoms. The van der Waals surface area contributed by atoms with Gasteiger partial charge in [-0.2, -0.15) is 0 Å². The summed E-state index contributed by atoms with van der Waals surface area (Å²) < 4.78 is 10.5. The number of ether oxygens (including phenoxy) is 2. The van der Waals surface area contributed by atoms with E-state index in [1.165, 1.54) is 12.1 Å². The first-order chi connectivity index (χ1) is 9.72. The van der Waals surface area contributed by atoms with Crippen molar-refractivity contribution in [2.45, 2.75) is 6.54 Å². The van der Waals surface area contributed by atoms with Crippen molar-refractivity contribution in [1.29, 1.82) is 0 Å². The lowest BCUT2D eigenvalue weighted by molar-refractivity contribution is 0.0945. The molecule has 0 bridgehead atoms. The van der Waals surface area contributed by atoms with E-state index in [1.807, 2.05) is 18.2 Å². The van der Waals surface area contributed by atoms with E-state index in [0.717, 1.165) is 5.56 Å². The Labute approximate surface area is 119 Å². The summed E-state index contributed by atoms with van der Waals surface area (Å²) in [7, 11) is 0. The summed E-state index contributed by atoms with van der Waals surface area (Å²) in [5, 5.41) is 10.3. The zero-order valence-electron chi connectivity index (χ0n) is 10.3. The molecular weight excluding hydrogens is 282 g/mol. The van der Waals surface area contributed by atoms with Gasteiger partial charge in [-0.3, -0.25) is 4.79 Å². The monoisotopic (exact) mass is 291 g/mol. The van der Waals surface area contributed by atoms with Crippen molar-refractivity contribution in [2.75, 3.05) is 6.79 Å². The molecule has 2 heterocycles. The quantitative estimate of drug-likeness (QED) is 0.933. The minimum atomic E-state index is -0.313. The van der Waals surface area contributed by atoms with Crippen LogP contribution in [0.5, 0.6) is 11.5 Å². The van der Waals surface area contributed by atoms with Crippen molar-refractivity contribution in [3.63, 3.8) is 0 Å². The predicted molar refractivity (Wildman–Crippen MR) is 70.8 cm³/mol. The highest BCUT2D eigenvalue weighted by Gasteiger charge is 2.14. The van der Waals surface area contributed by atoms with Crippen molar-refractivity contribution in [3.05, 3.63) is 46.7 Å². The molecule has 1 aromatic heterocycles. The molecule has 0 aliphatic carbocycles. The Bertz CT molecular complexity index is 646. The predicted octanol–water partition coefficient (Wildman–Crippen LogP) is 1.79. The standard InChI is InChI=1S/C13H10ClN3O3/c14-12-4-2-9(16-17-12)13(18)15-6-8-1-3-10-11(5-8)20-7-19-10/h1-5H,6-7H2,(H,15,18). The SMILES string of the molecule is O=C(NCc1ccc2c(c1)OCO2)c1ccc(Cl)nn1. The molecule has 3 rings (SSSR count). The van der Waals surface area contributed by atoms with E-state index in [4.69, 9.17) is 21.1 Å². The summed E-state index contributed by atoms with van der Waals surface area (Å²) in [6, 6.07) is 8.54. The normalized spacial score (nSPS) is 12.2. The maximum absolute atomic E-state index is 11.9. The number of carbonyl (C=O) groups excluding carboxylic acids is 1. The first-order valence-electron chi connectivity index (χ1n) is 5.88. The highest BCUT2D eigenvalue weighted by atomic mass is 35.5. The number of carbonyl (C=O) groups is 1. The van der Waals surface area contributed by atoms with Crippen LogP contribution in [0.1, 0.15) is 16.1 Å². The van der Waals surface area contributed by atoms with Crippen molar-refractivity contribution < 1.29 is 14.3 Å². The highest BCUT2D eigenvalue weighted by molar-refractivity contribution is 6.29. The summed E-state index contributed by atoms with van der Waals surface area (Å²) in [4.78, 5) is 11.9. The zero-order chi connectivity index (χ0) is 13.9. The van der Waals surface area contributed by atoms with E-state index in [1.54, 1.807) is 0 Å². The number of nitrogens with zero attached hydrogens (tertiary/aromatic N) is 2. The molecule has 6 nitrogen and oxygen atoms in total. The molecule has 20 heavy (non-hydrogen) atoms. The molecule has 1 N–H and O–H groups in total. The second kappa shape index (κ2) is 5.34. The summed E-state index contributed by atoms with van der Waals surface area (Å²) in [5.74, 6) is 1.08. The van der Waals surface area contributed by atoms with Crippen molar-refractivity contribution in [3.8, 4) is 11.5 Å². The molecule has 0 fully saturated rings. The van der Waals surface area contributed by atoms with Crippen LogP contribution < -0.4 is 14.8 Å². The Kier molecular flexibility index (Phi) is 3.39. The van der Waals surface area contributed by atoms with Gasteiger partial charge in [0.25, 0.3) is 5.91 Å². The summed E-state index contributed by atoms with van der Waals surface area (Å²) in [6.45, 7) is 0.589. The van der Waals surface area contributed by atoms with E-state index in [2.05, 4.69) is 15.5 Å². The lowest BCUT2D eigenvalue weighted by Gasteiger charge is -2.05. The van der Waals surface area contributed by atoms with Gasteiger partial charge in [0.05, 0.1) is 0 Å². The van der Waals surface area contributed by atoms with Crippen molar-refractivity contribution in [2.24, 2.45) is 0 Å². The smallest absolute Gasteiger partial charge is 0.272 e. The van der Waals surface area contributed by atoms with Crippen LogP contribution in [0.15, 0.2) is 30.3 Å². The maximum atomic E-state index is 11.9. The van der Waals surface area contributed by atoms with Gasteiger partial charge in [-0.05, 0) is 29.8 Å². The number of fused-ring (bicyclic) bond motifs is 1. The van der Waals surface area contributed by atoms with Crippen LogP contribution in [-0.4, -0.2) is 22.9 Å². The van der Waals surface area contributed by atoms with E-state index in [9.17, 15) is 4.79 Å². The summed E-state index contributed by atoms with van der Waals surface area (Å²) >= 11 is 5.61. The minimum Gasteiger partial charge on any atom is -0.454 e. The molecule has 0 atom stereocenters. The fourth-order valence-electron chi connectivity index (χ4n) is 1.76. The number of hydrogen-bond donors (Lipinski definition) is 1. The summed E-state index contributed by atoms with van der Waals surface area (Å²) in [5.41, 5.74) is 1.12. The maximum Gasteiger partial charge on any atom is 0.272 e. The van der Waals surface area contributed by atoms with Crippen LogP contribution >= 0.6 is 11.6 Å². The molecule has 0 spiro atoms. The van der Waals surface area contributed by atoms with E-state index >= 15 is 0 Å². The minimum absolute atomic E-state index is 0.218. The Hall–Kier alpha value is -2.34. The number of halogens is 1. The average Bonchev–Trinajstić information content (AvgIpc) is 2.93. The molecule has 2 aromatic rings. The topological polar surface area (TPSA) is 73.3 Å². The Morgan fingerprint density at radius 2 is 2.05 bits per heavy atom. The van der Waals surface area contributed by atoms with E-state index < -0.39 is 0 Å². The second-order valence-electron chi connectivity index (χ2n) is 4.11. The third-order valence-electron chi connectivity index (χ3n) is 2.75. The van der Waals surface area contributed by atoms with Gasteiger partial charge in [0.15, 0.2) is 22.3 Å². The first kappa shape index (κ1) is 12.7. The lowest BCUT2D eigenvalue weighted by Crippen LogP contribution is -2.24. The number of benzene rings is 1. The highest BCUT2D eigenvalue weighted by Crippen LogP contribution is 2.32. The third kappa shape index (κ3) is 2.65. The molecule has 1 aliphatic heterocycles. The van der Waals surface area contributed by atoms with Gasteiger partial charge >= 0.3 is 0 Å². The number of rotatable bonds is 3. The molecule has 0 unspecified atom stereocenters. The van der Waals surface area contributed by atoms with E-state index in [0.29, 0.717) is 18.0 Å². The molecule has 0 radical (unpaired) electrons. The van der Waals surface area contributed by atoms with Crippen molar-refractivity contribution in [1.82, 2.24) is 15.5 Å². The van der Waals surface area contributed by atoms with Gasteiger partial charge in [0.2, 0.25) is 6.79 Å². The Morgan fingerprint density at radius 1 is 1.20 bits per heavy atom. The summed E-state index contributed by atoms with van der Waals surface area (Å²) in [6.07, 6.45) is 0. The van der Waals surface area contributed by atoms with Gasteiger partial charge in [-0.15, -0.1) is 10.2 Å². The number of amides is 1. The van der Waals surface area contributed by atoms with Gasteiger partial charge in [0.1, 0.15) is 0 Å². The largest absolute Gasteiger partial charge is 0.454 e. The van der Waals surface area contributed by atoms with Gasteiger partial charge in [-0.1, -0.05) is 17.7 Å². The second-order valence-corrected chi connectivity index (χ2v) is 4.50. The third-order valence-corrected chi connectivity index (χ3v) is 2.96. The number of hydrogen-bond acceptors (Lipinski definition) is 5. The van der Waals surface area contributed by atoms with Crippen LogP contribution in [0.4, 0.5) is 0 Å². The fourth-order valence-corrected chi connectivity index (χ4v) is 1.86. The number of aromatic nitrogens is 2. The van der Waals surface area contributed by atoms with E-state index in [-0.39, 0.29) is 23.5 Å². The number of nitrogens with one attached hydrogen (secondary N) is 1. The Morgan fingerprint density at radius 3 is 2.85 bits per heavy atom. The van der Waals surface area contributed by atoms with Crippen LogP contribution in [-0.2, 0) is 6.54 Å². The van der Waals surface area contributed by atoms with Gasteiger partial charge < -0.3 is 14.8 Å². The fraction of sp³-hybridized carbons (Fsp3) is 0.154. The molecule has 0 saturated carbocycles. The van der Waals surface area contributed by atoms with Crippen LogP contribution in [0.25, 0.3) is 0 Å². The molecular formula is C13H10ClN3O3. The molecule has 1 aromatic carbocycles. The average molecular weight is 292 g/mol. The molecule has 1 amide bonds.